The lowest BCUT2D eigenvalue weighted by Crippen LogP contribution is -2.27. The Morgan fingerprint density at radius 2 is 0.503 bits per heavy atom. The monoisotopic (exact) mass is 2320 g/mol. The summed E-state index contributed by atoms with van der Waals surface area (Å²) in [6.07, 6.45) is 2.25. The lowest BCUT2D eigenvalue weighted by Gasteiger charge is -2.28. The minimum atomic E-state index is -0.767. The molecule has 8 aromatic rings. The number of pyridine rings is 4. The molecule has 4 aromatic heterocycles. The van der Waals surface area contributed by atoms with Crippen LogP contribution < -0.4 is 22.9 Å². The molecule has 762 valence electrons. The fourth-order valence-electron chi connectivity index (χ4n) is 14.2. The summed E-state index contributed by atoms with van der Waals surface area (Å²) >= 11 is 19.1. The maximum Gasteiger partial charge on any atom is 0.338 e. The quantitative estimate of drug-likeness (QED) is 0.0161. The Hall–Kier alpha value is -14.7. The van der Waals surface area contributed by atoms with Crippen LogP contribution >= 0.6 is 111 Å². The van der Waals surface area contributed by atoms with Crippen molar-refractivity contribution in [3.8, 4) is 48.6 Å². The summed E-state index contributed by atoms with van der Waals surface area (Å²) in [7, 11) is 10.1. The predicted octanol–water partition coefficient (Wildman–Crippen LogP) is 18.1. The van der Waals surface area contributed by atoms with Crippen molar-refractivity contribution in [2.75, 3.05) is 91.7 Å². The van der Waals surface area contributed by atoms with Gasteiger partial charge in [0.15, 0.2) is 0 Å². The molecule has 0 bridgehead atoms. The van der Waals surface area contributed by atoms with Gasteiger partial charge in [0.2, 0.25) is 42.8 Å². The molecule has 4 aliphatic rings. The van der Waals surface area contributed by atoms with Gasteiger partial charge in [-0.05, 0) is 176 Å². The summed E-state index contributed by atoms with van der Waals surface area (Å²) in [5.41, 5.74) is 36.7. The van der Waals surface area contributed by atoms with Gasteiger partial charge in [-0.2, -0.15) is 42.1 Å². The van der Waals surface area contributed by atoms with Gasteiger partial charge in [0, 0.05) is 83.0 Å². The number of carbonyl (C=O) groups is 7. The third-order valence-corrected chi connectivity index (χ3v) is 27.3. The number of benzene rings is 4. The Bertz CT molecular complexity index is 6160. The van der Waals surface area contributed by atoms with E-state index >= 15 is 0 Å². The largest absolute Gasteiger partial charge is 0.463 e. The molecule has 0 fully saturated rings. The standard InChI is InChI=1S/4C24H21BrN4O3S.3C3H7NO/c4*1-4-31-24(30)21-19(12-33-23-16(10-26)13(2)9-14(3)29-23)32-22(28)17(11-27)20(21)15-7-5-6-8-18(15)25;3*1-4(2)3-5/h4*5-9,20H,4,12,28H2,1-3H3;3*3H,1-2H3. The number of aryl methyl sites for hydroxylation is 8. The zero-order valence-electron chi connectivity index (χ0n) is 83.5. The van der Waals surface area contributed by atoms with E-state index in [0.29, 0.717) is 82.5 Å². The van der Waals surface area contributed by atoms with Gasteiger partial charge in [0.05, 0.1) is 118 Å². The minimum absolute atomic E-state index is 0.0733. The van der Waals surface area contributed by atoms with Gasteiger partial charge < -0.3 is 75.5 Å². The van der Waals surface area contributed by atoms with Crippen LogP contribution in [0.15, 0.2) is 250 Å². The van der Waals surface area contributed by atoms with E-state index in [4.69, 9.17) is 60.8 Å². The van der Waals surface area contributed by atoms with Gasteiger partial charge in [-0.15, -0.1) is 0 Å². The number of nitrogens with zero attached hydrogens (tertiary/aromatic N) is 15. The topological polar surface area (TPSA) is 549 Å². The number of esters is 4. The van der Waals surface area contributed by atoms with Crippen molar-refractivity contribution in [2.45, 2.75) is 127 Å². The lowest BCUT2D eigenvalue weighted by atomic mass is 9.83. The van der Waals surface area contributed by atoms with Crippen molar-refractivity contribution < 1.29 is 71.5 Å². The second-order valence-electron chi connectivity index (χ2n) is 31.9. The van der Waals surface area contributed by atoms with E-state index in [1.807, 2.05) is 177 Å². The molecule has 0 radical (unpaired) electrons. The molecule has 8 N–H and O–H groups in total. The van der Waals surface area contributed by atoms with Crippen LogP contribution in [-0.2, 0) is 71.5 Å². The van der Waals surface area contributed by atoms with Gasteiger partial charge in [-0.1, -0.05) is 184 Å². The fraction of sp³-hybridized carbons (Fsp3) is 0.286. The summed E-state index contributed by atoms with van der Waals surface area (Å²) in [4.78, 5) is 103. The van der Waals surface area contributed by atoms with Crippen molar-refractivity contribution >= 4 is 154 Å². The van der Waals surface area contributed by atoms with Gasteiger partial charge in [0.1, 0.15) is 114 Å². The highest BCUT2D eigenvalue weighted by molar-refractivity contribution is 9.11. The molecule has 34 nitrogen and oxygen atoms in total. The Labute approximate surface area is 904 Å². The zero-order valence-corrected chi connectivity index (χ0v) is 93.1. The van der Waals surface area contributed by atoms with Gasteiger partial charge in [-0.25, -0.2) is 39.1 Å². The number of aromatic nitrogens is 4. The first-order valence-electron chi connectivity index (χ1n) is 44.4. The number of carbonyl (C=O) groups excluding carboxylic acids is 7. The first kappa shape index (κ1) is 121. The number of hydrogen-bond acceptors (Lipinski definition) is 35. The predicted molar refractivity (Wildman–Crippen MR) is 570 cm³/mol. The number of hydrogen-bond donors (Lipinski definition) is 4. The SMILES string of the molecule is CCOC(=O)C1=C(CSc2nc(C)cc(C)c2C#N)OC(N)=C(C#N)C1c1ccccc1Br.CCOC(=O)C1=C(CSc2nc(C)cc(C)c2C#N)OC(N)=C(C#N)C1c1ccccc1Br.CCOC(=O)C1=C(CSc2nc(C)cc(C)c2C#N)OC(N)=C(C#N)C1c1ccccc1Br.CCOC(=O)C1=C(CSc2nc(C)cc(C)c2C#N)OC(N)=C(C#N)C1c1ccccc1Br.CN(C)C=O.CN(C)C=O.CN(C)C=O. The number of allylic oxidation sites excluding steroid dienone is 4. The molecule has 4 atom stereocenters. The Morgan fingerprint density at radius 3 is 0.646 bits per heavy atom. The van der Waals surface area contributed by atoms with Crippen LogP contribution in [0.2, 0.25) is 0 Å². The summed E-state index contributed by atoms with van der Waals surface area (Å²) in [5, 5.41) is 79.7. The van der Waals surface area contributed by atoms with Crippen molar-refractivity contribution in [3.05, 3.63) is 320 Å². The molecule has 4 aromatic carbocycles. The molecule has 0 saturated carbocycles. The number of ether oxygens (including phenoxy) is 8. The smallest absolute Gasteiger partial charge is 0.338 e. The Balaban J connectivity index is 0.000000285. The van der Waals surface area contributed by atoms with Crippen LogP contribution in [0.25, 0.3) is 0 Å². The van der Waals surface area contributed by atoms with Crippen LogP contribution in [0.5, 0.6) is 0 Å². The molecule has 4 aliphatic heterocycles. The molecule has 0 aliphatic carbocycles. The lowest BCUT2D eigenvalue weighted by molar-refractivity contribution is -0.140. The van der Waals surface area contributed by atoms with Crippen LogP contribution in [0.1, 0.15) is 141 Å². The van der Waals surface area contributed by atoms with Gasteiger partial charge in [0.25, 0.3) is 0 Å². The second kappa shape index (κ2) is 59.7. The summed E-state index contributed by atoms with van der Waals surface area (Å²) in [5.74, 6) is -4.02. The maximum absolute atomic E-state index is 13.1. The van der Waals surface area contributed by atoms with E-state index in [0.717, 1.165) is 64.3 Å². The first-order valence-corrected chi connectivity index (χ1v) is 51.5. The average Bonchev–Trinajstić information content (AvgIpc) is 0.773. The zero-order chi connectivity index (χ0) is 109. The van der Waals surface area contributed by atoms with Gasteiger partial charge in [-0.3, -0.25) is 14.4 Å². The van der Waals surface area contributed by atoms with E-state index in [-0.39, 0.29) is 141 Å². The molecule has 0 spiro atoms. The number of amides is 3. The van der Waals surface area contributed by atoms with Crippen LogP contribution in [-0.4, -0.2) is 169 Å². The summed E-state index contributed by atoms with van der Waals surface area (Å²) in [6.45, 7) is 22.2. The number of rotatable bonds is 27. The van der Waals surface area contributed by atoms with E-state index in [2.05, 4.69) is 132 Å². The van der Waals surface area contributed by atoms with Crippen molar-refractivity contribution in [2.24, 2.45) is 22.9 Å². The average molecular weight is 2320 g/mol. The second-order valence-corrected chi connectivity index (χ2v) is 39.1. The normalized spacial score (nSPS) is 14.6. The molecule has 3 amide bonds. The molecular weight excluding hydrogens is 2220 g/mol. The van der Waals surface area contributed by atoms with Crippen LogP contribution in [0.4, 0.5) is 0 Å². The van der Waals surface area contributed by atoms with Crippen molar-refractivity contribution in [1.29, 1.82) is 42.1 Å². The van der Waals surface area contributed by atoms with E-state index in [1.165, 1.54) is 61.7 Å². The van der Waals surface area contributed by atoms with E-state index in [1.54, 1.807) is 70.0 Å². The Morgan fingerprint density at radius 1 is 0.333 bits per heavy atom. The van der Waals surface area contributed by atoms with E-state index < -0.39 is 47.5 Å². The minimum Gasteiger partial charge on any atom is -0.463 e. The molecule has 42 heteroatoms. The molecule has 147 heavy (non-hydrogen) atoms. The van der Waals surface area contributed by atoms with Crippen LogP contribution in [0.3, 0.4) is 0 Å². The molecule has 12 rings (SSSR count). The highest BCUT2D eigenvalue weighted by Crippen LogP contribution is 2.49. The first-order chi connectivity index (χ1) is 70.1. The molecule has 8 heterocycles. The third kappa shape index (κ3) is 32.7. The number of nitriles is 8. The molecular formula is C105H105Br4N19O15S4. The number of thioether (sulfide) groups is 4. The van der Waals surface area contributed by atoms with Crippen LogP contribution in [0, 0.1) is 146 Å². The summed E-state index contributed by atoms with van der Waals surface area (Å²) in [6, 6.07) is 53.6. The maximum atomic E-state index is 13.1. The Kier molecular flexibility index (Phi) is 49.1. The number of nitrogens with two attached hydrogens (primary N) is 4. The highest BCUT2D eigenvalue weighted by atomic mass is 79.9. The fourth-order valence-corrected chi connectivity index (χ4v) is 20.4. The van der Waals surface area contributed by atoms with Crippen molar-refractivity contribution in [3.63, 3.8) is 0 Å². The number of halogens is 4. The van der Waals surface area contributed by atoms with Gasteiger partial charge >= 0.3 is 23.9 Å². The molecule has 4 unspecified atom stereocenters. The third-order valence-electron chi connectivity index (χ3n) is 20.5. The molecule has 0 saturated heterocycles. The van der Waals surface area contributed by atoms with E-state index in [9.17, 15) is 75.7 Å². The van der Waals surface area contributed by atoms with Crippen molar-refractivity contribution in [1.82, 2.24) is 34.6 Å². The highest BCUT2D eigenvalue weighted by Gasteiger charge is 2.44. The summed E-state index contributed by atoms with van der Waals surface area (Å²) < 4.78 is 47.3.